The van der Waals surface area contributed by atoms with Crippen molar-refractivity contribution in [3.05, 3.63) is 15.8 Å². The Labute approximate surface area is 113 Å². The molecule has 0 amide bonds. The third kappa shape index (κ3) is 2.77. The van der Waals surface area contributed by atoms with Crippen LogP contribution >= 0.6 is 11.3 Å². The van der Waals surface area contributed by atoms with E-state index in [1.54, 1.807) is 6.07 Å². The molecule has 102 valence electrons. The summed E-state index contributed by atoms with van der Waals surface area (Å²) in [6.45, 7) is 4.88. The van der Waals surface area contributed by atoms with Crippen molar-refractivity contribution in [3.8, 4) is 0 Å². The van der Waals surface area contributed by atoms with Gasteiger partial charge in [0.05, 0.1) is 4.90 Å². The first-order valence-corrected chi connectivity index (χ1v) is 8.51. The van der Waals surface area contributed by atoms with Crippen molar-refractivity contribution in [1.29, 1.82) is 0 Å². The van der Waals surface area contributed by atoms with E-state index in [1.807, 2.05) is 6.92 Å². The molecule has 0 radical (unpaired) electrons. The van der Waals surface area contributed by atoms with Gasteiger partial charge in [0.15, 0.2) is 0 Å². The maximum atomic E-state index is 12.2. The van der Waals surface area contributed by atoms with Crippen LogP contribution in [-0.2, 0) is 16.6 Å². The zero-order chi connectivity index (χ0) is 13.4. The van der Waals surface area contributed by atoms with Gasteiger partial charge in [0.2, 0.25) is 10.0 Å². The SMILES string of the molecule is CCC1(CNS(=O)(=O)c2cc(CN)sc2C)CC1. The average molecular weight is 288 g/mol. The summed E-state index contributed by atoms with van der Waals surface area (Å²) < 4.78 is 27.2. The molecule has 0 aromatic carbocycles. The lowest BCUT2D eigenvalue weighted by Crippen LogP contribution is -2.30. The summed E-state index contributed by atoms with van der Waals surface area (Å²) in [4.78, 5) is 2.11. The van der Waals surface area contributed by atoms with Crippen molar-refractivity contribution in [3.63, 3.8) is 0 Å². The van der Waals surface area contributed by atoms with Crippen LogP contribution in [0.15, 0.2) is 11.0 Å². The maximum Gasteiger partial charge on any atom is 0.241 e. The molecule has 4 nitrogen and oxygen atoms in total. The molecule has 6 heteroatoms. The molecule has 3 N–H and O–H groups in total. The van der Waals surface area contributed by atoms with E-state index in [-0.39, 0.29) is 5.41 Å². The number of aryl methyl sites for hydroxylation is 1. The van der Waals surface area contributed by atoms with Crippen LogP contribution in [0.2, 0.25) is 0 Å². The van der Waals surface area contributed by atoms with Gasteiger partial charge in [-0.1, -0.05) is 6.92 Å². The van der Waals surface area contributed by atoms with Crippen LogP contribution < -0.4 is 10.5 Å². The summed E-state index contributed by atoms with van der Waals surface area (Å²) in [5.41, 5.74) is 5.76. The summed E-state index contributed by atoms with van der Waals surface area (Å²) in [5.74, 6) is 0. The number of rotatable bonds is 6. The molecule has 1 saturated carbocycles. The van der Waals surface area contributed by atoms with Gasteiger partial charge in [-0.3, -0.25) is 0 Å². The number of thiophene rings is 1. The zero-order valence-corrected chi connectivity index (χ0v) is 12.5. The predicted octanol–water partition coefficient (Wildman–Crippen LogP) is 1.98. The molecule has 0 atom stereocenters. The van der Waals surface area contributed by atoms with Gasteiger partial charge in [0, 0.05) is 22.8 Å². The fraction of sp³-hybridized carbons (Fsp3) is 0.667. The van der Waals surface area contributed by atoms with Crippen molar-refractivity contribution in [1.82, 2.24) is 4.72 Å². The zero-order valence-electron chi connectivity index (χ0n) is 10.8. The molecule has 1 heterocycles. The highest BCUT2D eigenvalue weighted by molar-refractivity contribution is 7.89. The van der Waals surface area contributed by atoms with E-state index in [1.165, 1.54) is 11.3 Å². The number of hydrogen-bond donors (Lipinski definition) is 2. The second-order valence-corrected chi connectivity index (χ2v) is 8.09. The third-order valence-corrected chi connectivity index (χ3v) is 6.49. The number of nitrogens with two attached hydrogens (primary N) is 1. The van der Waals surface area contributed by atoms with Crippen LogP contribution in [0, 0.1) is 12.3 Å². The van der Waals surface area contributed by atoms with Crippen LogP contribution in [-0.4, -0.2) is 15.0 Å². The van der Waals surface area contributed by atoms with E-state index in [9.17, 15) is 8.42 Å². The van der Waals surface area contributed by atoms with Crippen LogP contribution in [0.4, 0.5) is 0 Å². The third-order valence-electron chi connectivity index (χ3n) is 3.76. The normalized spacial score (nSPS) is 17.9. The van der Waals surface area contributed by atoms with E-state index in [4.69, 9.17) is 5.73 Å². The van der Waals surface area contributed by atoms with E-state index in [0.29, 0.717) is 18.0 Å². The minimum absolute atomic E-state index is 0.216. The lowest BCUT2D eigenvalue weighted by atomic mass is 10.1. The lowest BCUT2D eigenvalue weighted by Gasteiger charge is -2.13. The quantitative estimate of drug-likeness (QED) is 0.841. The molecule has 1 aromatic rings. The fourth-order valence-corrected chi connectivity index (χ4v) is 4.72. The first kappa shape index (κ1) is 14.0. The second-order valence-electron chi connectivity index (χ2n) is 5.02. The van der Waals surface area contributed by atoms with Gasteiger partial charge in [-0.25, -0.2) is 13.1 Å². The molecule has 0 aliphatic heterocycles. The molecular formula is C12H20N2O2S2. The standard InChI is InChI=1S/C12H20N2O2S2/c1-3-12(4-5-12)8-14-18(15,16)11-6-10(7-13)17-9(11)2/h6,14H,3-5,7-8,13H2,1-2H3. The van der Waals surface area contributed by atoms with Gasteiger partial charge in [0.1, 0.15) is 0 Å². The first-order chi connectivity index (χ1) is 8.42. The molecule has 1 aliphatic rings. The van der Waals surface area contributed by atoms with Crippen molar-refractivity contribution in [2.45, 2.75) is 44.6 Å². The Balaban J connectivity index is 2.12. The van der Waals surface area contributed by atoms with Gasteiger partial charge in [-0.15, -0.1) is 11.3 Å². The van der Waals surface area contributed by atoms with Gasteiger partial charge in [-0.05, 0) is 37.7 Å². The summed E-state index contributed by atoms with van der Waals surface area (Å²) in [7, 11) is -3.38. The molecular weight excluding hydrogens is 268 g/mol. The van der Waals surface area contributed by atoms with Crippen LogP contribution in [0.3, 0.4) is 0 Å². The van der Waals surface area contributed by atoms with Gasteiger partial charge in [-0.2, -0.15) is 0 Å². The molecule has 0 unspecified atom stereocenters. The Hall–Kier alpha value is -0.430. The lowest BCUT2D eigenvalue weighted by molar-refractivity contribution is 0.475. The minimum Gasteiger partial charge on any atom is -0.326 e. The van der Waals surface area contributed by atoms with E-state index in [2.05, 4.69) is 11.6 Å². The summed E-state index contributed by atoms with van der Waals surface area (Å²) in [5, 5.41) is 0. The fourth-order valence-electron chi connectivity index (χ4n) is 2.05. The van der Waals surface area contributed by atoms with Crippen molar-refractivity contribution in [2.24, 2.45) is 11.1 Å². The highest BCUT2D eigenvalue weighted by Crippen LogP contribution is 2.48. The number of hydrogen-bond acceptors (Lipinski definition) is 4. The van der Waals surface area contributed by atoms with Crippen LogP contribution in [0.5, 0.6) is 0 Å². The van der Waals surface area contributed by atoms with E-state index >= 15 is 0 Å². The van der Waals surface area contributed by atoms with Gasteiger partial charge >= 0.3 is 0 Å². The molecule has 0 saturated heterocycles. The molecule has 18 heavy (non-hydrogen) atoms. The number of sulfonamides is 1. The summed E-state index contributed by atoms with van der Waals surface area (Å²) in [6.07, 6.45) is 3.29. The average Bonchev–Trinajstić information content (AvgIpc) is 3.03. The minimum atomic E-state index is -3.38. The molecule has 1 aliphatic carbocycles. The van der Waals surface area contributed by atoms with E-state index < -0.39 is 10.0 Å². The topological polar surface area (TPSA) is 72.2 Å². The molecule has 0 bridgehead atoms. The van der Waals surface area contributed by atoms with Crippen molar-refractivity contribution < 1.29 is 8.42 Å². The van der Waals surface area contributed by atoms with Gasteiger partial charge < -0.3 is 5.73 Å². The van der Waals surface area contributed by atoms with Gasteiger partial charge in [0.25, 0.3) is 0 Å². The van der Waals surface area contributed by atoms with Crippen molar-refractivity contribution in [2.75, 3.05) is 6.54 Å². The maximum absolute atomic E-state index is 12.2. The van der Waals surface area contributed by atoms with E-state index in [0.717, 1.165) is 29.0 Å². The Morgan fingerprint density at radius 1 is 1.50 bits per heavy atom. The summed E-state index contributed by atoms with van der Waals surface area (Å²) in [6, 6.07) is 1.69. The predicted molar refractivity (Wildman–Crippen MR) is 74.1 cm³/mol. The Morgan fingerprint density at radius 2 is 2.17 bits per heavy atom. The molecule has 0 spiro atoms. The number of nitrogens with one attached hydrogen (secondary N) is 1. The highest BCUT2D eigenvalue weighted by atomic mass is 32.2. The molecule has 1 fully saturated rings. The largest absolute Gasteiger partial charge is 0.326 e. The Kier molecular flexibility index (Phi) is 3.82. The van der Waals surface area contributed by atoms with Crippen LogP contribution in [0.25, 0.3) is 0 Å². The Morgan fingerprint density at radius 3 is 2.61 bits per heavy atom. The molecule has 2 rings (SSSR count). The van der Waals surface area contributed by atoms with Crippen LogP contribution in [0.1, 0.15) is 35.9 Å². The molecule has 1 aromatic heterocycles. The Bertz CT molecular complexity index is 530. The van der Waals surface area contributed by atoms with Crippen molar-refractivity contribution >= 4 is 21.4 Å². The highest BCUT2D eigenvalue weighted by Gasteiger charge is 2.41. The smallest absolute Gasteiger partial charge is 0.241 e. The second kappa shape index (κ2) is 4.92. The summed E-state index contributed by atoms with van der Waals surface area (Å²) >= 11 is 1.45. The first-order valence-electron chi connectivity index (χ1n) is 6.21. The monoisotopic (exact) mass is 288 g/mol.